The molecule has 0 radical (unpaired) electrons. The van der Waals surface area contributed by atoms with Crippen molar-refractivity contribution in [2.45, 2.75) is 25.8 Å². The summed E-state index contributed by atoms with van der Waals surface area (Å²) >= 11 is 1.35. The van der Waals surface area contributed by atoms with Crippen LogP contribution in [-0.2, 0) is 28.9 Å². The van der Waals surface area contributed by atoms with Gasteiger partial charge in [-0.3, -0.25) is 9.59 Å². The fraction of sp³-hybridized carbons (Fsp3) is 0.227. The summed E-state index contributed by atoms with van der Waals surface area (Å²) in [6.07, 6.45) is 4.19. The number of fused-ring (bicyclic) bond motifs is 1. The first-order valence-electron chi connectivity index (χ1n) is 9.79. The van der Waals surface area contributed by atoms with Crippen molar-refractivity contribution < 1.29 is 23.5 Å². The van der Waals surface area contributed by atoms with E-state index in [1.54, 1.807) is 36.6 Å². The molecule has 1 aromatic carbocycles. The number of aryl methyl sites for hydroxylation is 1. The number of amides is 2. The number of nitrogens with two attached hydrogens (primary N) is 1. The molecular formula is C22H21N3O5S. The van der Waals surface area contributed by atoms with E-state index in [1.807, 2.05) is 6.07 Å². The normalized spacial score (nSPS) is 12.3. The Balaban J connectivity index is 1.37. The fourth-order valence-corrected chi connectivity index (χ4v) is 4.85. The Hall–Kier alpha value is -3.59. The van der Waals surface area contributed by atoms with Crippen molar-refractivity contribution >= 4 is 39.8 Å². The largest absolute Gasteiger partial charge is 0.467 e. The number of ether oxygens (including phenoxy) is 1. The molecule has 2 aromatic heterocycles. The number of thiophene rings is 1. The molecule has 3 aromatic rings. The van der Waals surface area contributed by atoms with Gasteiger partial charge in [-0.1, -0.05) is 12.1 Å². The Labute approximate surface area is 182 Å². The molecule has 0 spiro atoms. The van der Waals surface area contributed by atoms with Crippen LogP contribution < -0.4 is 16.4 Å². The summed E-state index contributed by atoms with van der Waals surface area (Å²) in [4.78, 5) is 37.8. The lowest BCUT2D eigenvalue weighted by Gasteiger charge is -2.11. The minimum absolute atomic E-state index is 0.301. The van der Waals surface area contributed by atoms with E-state index in [0.717, 1.165) is 35.5 Å². The molecule has 2 heterocycles. The van der Waals surface area contributed by atoms with E-state index in [4.69, 9.17) is 14.9 Å². The molecule has 0 atom stereocenters. The number of hydrogen-bond acceptors (Lipinski definition) is 7. The lowest BCUT2D eigenvalue weighted by molar-refractivity contribution is -0.119. The first kappa shape index (κ1) is 20.7. The van der Waals surface area contributed by atoms with Crippen LogP contribution in [0.3, 0.4) is 0 Å². The van der Waals surface area contributed by atoms with Gasteiger partial charge in [0.05, 0.1) is 23.9 Å². The van der Waals surface area contributed by atoms with Crippen LogP contribution in [0.1, 0.15) is 43.3 Å². The Morgan fingerprint density at radius 2 is 1.97 bits per heavy atom. The highest BCUT2D eigenvalue weighted by Crippen LogP contribution is 2.38. The second-order valence-electron chi connectivity index (χ2n) is 7.03. The number of para-hydroxylation sites is 1. The van der Waals surface area contributed by atoms with Gasteiger partial charge < -0.3 is 25.5 Å². The molecule has 0 unspecified atom stereocenters. The standard InChI is InChI=1S/C22H21N3O5S/c23-20(27)19-15-7-3-9-17(15)31-21(19)25-18(26)12-30-22(28)14-6-1-2-8-16(14)24-11-13-5-4-10-29-13/h1-2,4-6,8,10,24H,3,7,9,11-12H2,(H2,23,27)(H,25,26). The lowest BCUT2D eigenvalue weighted by Crippen LogP contribution is -2.23. The van der Waals surface area contributed by atoms with Crippen molar-refractivity contribution in [3.8, 4) is 0 Å². The van der Waals surface area contributed by atoms with Gasteiger partial charge in [0.1, 0.15) is 10.8 Å². The number of anilines is 2. The second kappa shape index (κ2) is 9.05. The summed E-state index contributed by atoms with van der Waals surface area (Å²) in [5, 5.41) is 6.20. The molecule has 2 amide bonds. The van der Waals surface area contributed by atoms with Gasteiger partial charge in [0.2, 0.25) is 0 Å². The summed E-state index contributed by atoms with van der Waals surface area (Å²) in [5.41, 5.74) is 7.65. The van der Waals surface area contributed by atoms with E-state index >= 15 is 0 Å². The van der Waals surface area contributed by atoms with Gasteiger partial charge in [0, 0.05) is 10.6 Å². The third-order valence-electron chi connectivity index (χ3n) is 4.94. The molecule has 0 bridgehead atoms. The van der Waals surface area contributed by atoms with Crippen molar-refractivity contribution in [2.24, 2.45) is 5.73 Å². The number of primary amides is 1. The number of carbonyl (C=O) groups excluding carboxylic acids is 3. The Bertz CT molecular complexity index is 1120. The van der Waals surface area contributed by atoms with Gasteiger partial charge in [-0.15, -0.1) is 11.3 Å². The maximum atomic E-state index is 12.5. The fourth-order valence-electron chi connectivity index (χ4n) is 3.54. The van der Waals surface area contributed by atoms with E-state index in [0.29, 0.717) is 28.4 Å². The molecule has 4 N–H and O–H groups in total. The average molecular weight is 439 g/mol. The summed E-state index contributed by atoms with van der Waals surface area (Å²) in [6, 6.07) is 10.4. The SMILES string of the molecule is NC(=O)c1c(NC(=O)COC(=O)c2ccccc2NCc2ccco2)sc2c1CCC2. The number of rotatable bonds is 8. The van der Waals surface area contributed by atoms with Crippen LogP contribution in [0.5, 0.6) is 0 Å². The van der Waals surface area contributed by atoms with Crippen LogP contribution in [0, 0.1) is 0 Å². The molecule has 1 aliphatic rings. The smallest absolute Gasteiger partial charge is 0.340 e. The third kappa shape index (κ3) is 4.61. The topological polar surface area (TPSA) is 124 Å². The van der Waals surface area contributed by atoms with Gasteiger partial charge in [-0.25, -0.2) is 4.79 Å². The molecule has 8 nitrogen and oxygen atoms in total. The van der Waals surface area contributed by atoms with Crippen molar-refractivity contribution in [1.29, 1.82) is 0 Å². The van der Waals surface area contributed by atoms with E-state index in [-0.39, 0.29) is 0 Å². The van der Waals surface area contributed by atoms with Crippen LogP contribution in [0.25, 0.3) is 0 Å². The number of benzene rings is 1. The highest BCUT2D eigenvalue weighted by Gasteiger charge is 2.26. The Kier molecular flexibility index (Phi) is 6.03. The number of nitrogens with one attached hydrogen (secondary N) is 2. The molecule has 31 heavy (non-hydrogen) atoms. The van der Waals surface area contributed by atoms with Gasteiger partial charge in [-0.2, -0.15) is 0 Å². The van der Waals surface area contributed by atoms with Gasteiger partial charge in [0.15, 0.2) is 6.61 Å². The van der Waals surface area contributed by atoms with Crippen LogP contribution in [0.15, 0.2) is 47.1 Å². The first-order valence-corrected chi connectivity index (χ1v) is 10.6. The van der Waals surface area contributed by atoms with Gasteiger partial charge in [-0.05, 0) is 49.1 Å². The second-order valence-corrected chi connectivity index (χ2v) is 8.13. The zero-order chi connectivity index (χ0) is 21.8. The lowest BCUT2D eigenvalue weighted by atomic mass is 10.1. The van der Waals surface area contributed by atoms with Crippen molar-refractivity contribution in [3.05, 3.63) is 70.0 Å². The molecular weight excluding hydrogens is 418 g/mol. The summed E-state index contributed by atoms with van der Waals surface area (Å²) < 4.78 is 10.5. The van der Waals surface area contributed by atoms with Crippen LogP contribution >= 0.6 is 11.3 Å². The molecule has 9 heteroatoms. The zero-order valence-electron chi connectivity index (χ0n) is 16.6. The maximum absolute atomic E-state index is 12.5. The maximum Gasteiger partial charge on any atom is 0.340 e. The number of carbonyl (C=O) groups is 3. The number of hydrogen-bond donors (Lipinski definition) is 3. The van der Waals surface area contributed by atoms with E-state index in [9.17, 15) is 14.4 Å². The van der Waals surface area contributed by atoms with Crippen LogP contribution in [0.4, 0.5) is 10.7 Å². The number of furan rings is 1. The average Bonchev–Trinajstić information content (AvgIpc) is 3.48. The summed E-state index contributed by atoms with van der Waals surface area (Å²) in [6.45, 7) is -0.0805. The van der Waals surface area contributed by atoms with E-state index < -0.39 is 24.4 Å². The molecule has 0 saturated carbocycles. The molecule has 0 fully saturated rings. The van der Waals surface area contributed by atoms with E-state index in [2.05, 4.69) is 10.6 Å². The van der Waals surface area contributed by atoms with Crippen molar-refractivity contribution in [1.82, 2.24) is 0 Å². The van der Waals surface area contributed by atoms with Crippen molar-refractivity contribution in [3.63, 3.8) is 0 Å². The Morgan fingerprint density at radius 1 is 1.13 bits per heavy atom. The number of esters is 1. The monoisotopic (exact) mass is 439 g/mol. The highest BCUT2D eigenvalue weighted by atomic mass is 32.1. The van der Waals surface area contributed by atoms with Gasteiger partial charge >= 0.3 is 5.97 Å². The molecule has 4 rings (SSSR count). The first-order chi connectivity index (χ1) is 15.0. The molecule has 1 aliphatic carbocycles. The van der Waals surface area contributed by atoms with Crippen molar-refractivity contribution in [2.75, 3.05) is 17.2 Å². The van der Waals surface area contributed by atoms with Gasteiger partial charge in [0.25, 0.3) is 11.8 Å². The van der Waals surface area contributed by atoms with Crippen LogP contribution in [0.2, 0.25) is 0 Å². The Morgan fingerprint density at radius 3 is 2.74 bits per heavy atom. The molecule has 160 valence electrons. The van der Waals surface area contributed by atoms with E-state index in [1.165, 1.54) is 11.3 Å². The minimum Gasteiger partial charge on any atom is -0.467 e. The zero-order valence-corrected chi connectivity index (χ0v) is 17.4. The predicted molar refractivity (Wildman–Crippen MR) is 116 cm³/mol. The summed E-state index contributed by atoms with van der Waals surface area (Å²) in [5.74, 6) is -1.02. The highest BCUT2D eigenvalue weighted by molar-refractivity contribution is 7.17. The predicted octanol–water partition coefficient (Wildman–Crippen LogP) is 3.34. The summed E-state index contributed by atoms with van der Waals surface area (Å²) in [7, 11) is 0. The molecule has 0 aliphatic heterocycles. The minimum atomic E-state index is -0.638. The molecule has 0 saturated heterocycles. The van der Waals surface area contributed by atoms with Crippen LogP contribution in [-0.4, -0.2) is 24.4 Å². The third-order valence-corrected chi connectivity index (χ3v) is 6.14. The quantitative estimate of drug-likeness (QED) is 0.463.